The Bertz CT molecular complexity index is 355. The van der Waals surface area contributed by atoms with Crippen LogP contribution in [0.25, 0.3) is 0 Å². The molecule has 0 atom stereocenters. The van der Waals surface area contributed by atoms with Crippen molar-refractivity contribution in [1.29, 1.82) is 0 Å². The molecule has 0 saturated heterocycles. The van der Waals surface area contributed by atoms with Gasteiger partial charge in [-0.25, -0.2) is 9.78 Å². The minimum Gasteiger partial charge on any atom is -0.477 e. The van der Waals surface area contributed by atoms with Crippen molar-refractivity contribution in [2.24, 2.45) is 0 Å². The number of carbonyl (C=O) groups is 1. The average molecular weight is 238 g/mol. The number of rotatable bonds is 8. The zero-order valence-corrected chi connectivity index (χ0v) is 9.98. The van der Waals surface area contributed by atoms with Gasteiger partial charge in [0.05, 0.1) is 0 Å². The molecule has 0 aromatic carbocycles. The number of unbranched alkanes of at least 4 members (excludes halogenated alkanes) is 1. The third kappa shape index (κ3) is 5.31. The fraction of sp³-hybridized carbons (Fsp3) is 0.500. The van der Waals surface area contributed by atoms with Gasteiger partial charge in [-0.05, 0) is 31.9 Å². The zero-order valence-electron chi connectivity index (χ0n) is 9.98. The van der Waals surface area contributed by atoms with Gasteiger partial charge in [0, 0.05) is 19.8 Å². The van der Waals surface area contributed by atoms with E-state index in [4.69, 9.17) is 9.84 Å². The van der Waals surface area contributed by atoms with E-state index in [1.54, 1.807) is 12.1 Å². The van der Waals surface area contributed by atoms with Gasteiger partial charge in [0.2, 0.25) is 0 Å². The van der Waals surface area contributed by atoms with E-state index in [1.165, 1.54) is 6.07 Å². The van der Waals surface area contributed by atoms with E-state index in [0.29, 0.717) is 5.82 Å². The van der Waals surface area contributed by atoms with Crippen LogP contribution in [0.4, 0.5) is 5.82 Å². The van der Waals surface area contributed by atoms with Crippen molar-refractivity contribution in [2.75, 3.05) is 25.1 Å². The standard InChI is InChI=1S/C12H18N2O3/c1-2-17-9-4-3-8-13-11-7-5-6-10(14-11)12(15)16/h5-7H,2-4,8-9H2,1H3,(H,13,14)(H,15,16). The number of nitrogens with zero attached hydrogens (tertiary/aromatic N) is 1. The van der Waals surface area contributed by atoms with Crippen molar-refractivity contribution in [3.05, 3.63) is 23.9 Å². The summed E-state index contributed by atoms with van der Waals surface area (Å²) >= 11 is 0. The molecule has 0 saturated carbocycles. The van der Waals surface area contributed by atoms with Gasteiger partial charge in [-0.2, -0.15) is 0 Å². The SMILES string of the molecule is CCOCCCCNc1cccc(C(=O)O)n1. The van der Waals surface area contributed by atoms with Crippen molar-refractivity contribution in [3.63, 3.8) is 0 Å². The maximum Gasteiger partial charge on any atom is 0.354 e. The van der Waals surface area contributed by atoms with Crippen molar-refractivity contribution >= 4 is 11.8 Å². The molecule has 17 heavy (non-hydrogen) atoms. The van der Waals surface area contributed by atoms with Crippen LogP contribution in [0.2, 0.25) is 0 Å². The van der Waals surface area contributed by atoms with E-state index < -0.39 is 5.97 Å². The number of hydrogen-bond acceptors (Lipinski definition) is 4. The van der Waals surface area contributed by atoms with E-state index in [0.717, 1.165) is 32.6 Å². The maximum absolute atomic E-state index is 10.7. The monoisotopic (exact) mass is 238 g/mol. The summed E-state index contributed by atoms with van der Waals surface area (Å²) in [6.07, 6.45) is 1.96. The van der Waals surface area contributed by atoms with Crippen molar-refractivity contribution < 1.29 is 14.6 Å². The van der Waals surface area contributed by atoms with Gasteiger partial charge in [0.1, 0.15) is 5.82 Å². The lowest BCUT2D eigenvalue weighted by atomic mass is 10.3. The van der Waals surface area contributed by atoms with Crippen LogP contribution in [-0.2, 0) is 4.74 Å². The molecule has 1 heterocycles. The minimum atomic E-state index is -1.01. The molecule has 0 aliphatic heterocycles. The molecule has 0 aliphatic carbocycles. The molecule has 0 spiro atoms. The first kappa shape index (κ1) is 13.4. The molecule has 5 nitrogen and oxygen atoms in total. The summed E-state index contributed by atoms with van der Waals surface area (Å²) in [7, 11) is 0. The smallest absolute Gasteiger partial charge is 0.354 e. The molecule has 1 aromatic heterocycles. The Kier molecular flexibility index (Phi) is 6.03. The number of ether oxygens (including phenoxy) is 1. The lowest BCUT2D eigenvalue weighted by Crippen LogP contribution is -2.07. The van der Waals surface area contributed by atoms with Crippen LogP contribution in [0, 0.1) is 0 Å². The second-order valence-electron chi connectivity index (χ2n) is 3.54. The summed E-state index contributed by atoms with van der Waals surface area (Å²) in [5.41, 5.74) is 0.0596. The summed E-state index contributed by atoms with van der Waals surface area (Å²) in [5, 5.41) is 11.9. The highest BCUT2D eigenvalue weighted by Crippen LogP contribution is 2.05. The Labute approximate surface area is 101 Å². The molecular formula is C12H18N2O3. The molecule has 0 amide bonds. The summed E-state index contributed by atoms with van der Waals surface area (Å²) in [5.74, 6) is -0.411. The van der Waals surface area contributed by atoms with Crippen LogP contribution in [0.15, 0.2) is 18.2 Å². The van der Waals surface area contributed by atoms with Crippen LogP contribution < -0.4 is 5.32 Å². The number of aromatic carboxylic acids is 1. The van der Waals surface area contributed by atoms with E-state index >= 15 is 0 Å². The van der Waals surface area contributed by atoms with Crippen LogP contribution >= 0.6 is 0 Å². The van der Waals surface area contributed by atoms with Crippen LogP contribution in [-0.4, -0.2) is 35.8 Å². The molecule has 0 unspecified atom stereocenters. The van der Waals surface area contributed by atoms with Gasteiger partial charge in [0.25, 0.3) is 0 Å². The highest BCUT2D eigenvalue weighted by atomic mass is 16.5. The lowest BCUT2D eigenvalue weighted by Gasteiger charge is -2.06. The Balaban J connectivity index is 2.27. The summed E-state index contributed by atoms with van der Waals surface area (Å²) in [4.78, 5) is 14.7. The van der Waals surface area contributed by atoms with Crippen molar-refractivity contribution in [3.8, 4) is 0 Å². The first-order valence-electron chi connectivity index (χ1n) is 5.76. The van der Waals surface area contributed by atoms with Gasteiger partial charge in [-0.15, -0.1) is 0 Å². The van der Waals surface area contributed by atoms with Crippen molar-refractivity contribution in [1.82, 2.24) is 4.98 Å². The van der Waals surface area contributed by atoms with Gasteiger partial charge in [-0.3, -0.25) is 0 Å². The Morgan fingerprint density at radius 1 is 1.47 bits per heavy atom. The summed E-state index contributed by atoms with van der Waals surface area (Å²) in [6, 6.07) is 4.91. The molecular weight excluding hydrogens is 220 g/mol. The molecule has 94 valence electrons. The summed E-state index contributed by atoms with van der Waals surface area (Å²) in [6.45, 7) is 4.25. The topological polar surface area (TPSA) is 71.5 Å². The van der Waals surface area contributed by atoms with E-state index in [-0.39, 0.29) is 5.69 Å². The highest BCUT2D eigenvalue weighted by molar-refractivity contribution is 5.85. The number of nitrogens with one attached hydrogen (secondary N) is 1. The lowest BCUT2D eigenvalue weighted by molar-refractivity contribution is 0.0690. The Morgan fingerprint density at radius 2 is 2.29 bits per heavy atom. The first-order valence-corrected chi connectivity index (χ1v) is 5.76. The fourth-order valence-electron chi connectivity index (χ4n) is 1.34. The van der Waals surface area contributed by atoms with Gasteiger partial charge >= 0.3 is 5.97 Å². The second-order valence-corrected chi connectivity index (χ2v) is 3.54. The number of carboxylic acids is 1. The maximum atomic E-state index is 10.7. The number of anilines is 1. The van der Waals surface area contributed by atoms with Gasteiger partial charge in [0.15, 0.2) is 5.69 Å². The molecule has 2 N–H and O–H groups in total. The zero-order chi connectivity index (χ0) is 12.5. The molecule has 0 aliphatic rings. The number of pyridine rings is 1. The van der Waals surface area contributed by atoms with Gasteiger partial charge < -0.3 is 15.2 Å². The average Bonchev–Trinajstić information content (AvgIpc) is 2.34. The number of aromatic nitrogens is 1. The van der Waals surface area contributed by atoms with Crippen LogP contribution in [0.5, 0.6) is 0 Å². The molecule has 1 rings (SSSR count). The Hall–Kier alpha value is -1.62. The first-order chi connectivity index (χ1) is 8.24. The van der Waals surface area contributed by atoms with Crippen molar-refractivity contribution in [2.45, 2.75) is 19.8 Å². The highest BCUT2D eigenvalue weighted by Gasteiger charge is 2.04. The van der Waals surface area contributed by atoms with Crippen LogP contribution in [0.1, 0.15) is 30.3 Å². The van der Waals surface area contributed by atoms with E-state index in [2.05, 4.69) is 10.3 Å². The minimum absolute atomic E-state index is 0.0596. The Morgan fingerprint density at radius 3 is 3.00 bits per heavy atom. The van der Waals surface area contributed by atoms with E-state index in [9.17, 15) is 4.79 Å². The van der Waals surface area contributed by atoms with E-state index in [1.807, 2.05) is 6.92 Å². The fourth-order valence-corrected chi connectivity index (χ4v) is 1.34. The third-order valence-corrected chi connectivity index (χ3v) is 2.19. The predicted octanol–water partition coefficient (Wildman–Crippen LogP) is 2.01. The molecule has 0 radical (unpaired) electrons. The second kappa shape index (κ2) is 7.62. The molecule has 5 heteroatoms. The quantitative estimate of drug-likeness (QED) is 0.678. The van der Waals surface area contributed by atoms with Gasteiger partial charge in [-0.1, -0.05) is 6.07 Å². The molecule has 0 fully saturated rings. The predicted molar refractivity (Wildman–Crippen MR) is 65.4 cm³/mol. The largest absolute Gasteiger partial charge is 0.477 e. The normalized spacial score (nSPS) is 10.2. The third-order valence-electron chi connectivity index (χ3n) is 2.19. The summed E-state index contributed by atoms with van der Waals surface area (Å²) < 4.78 is 5.22. The number of hydrogen-bond donors (Lipinski definition) is 2. The number of carboxylic acid groups (broad SMARTS) is 1. The van der Waals surface area contributed by atoms with Crippen LogP contribution in [0.3, 0.4) is 0 Å². The molecule has 0 bridgehead atoms. The molecule has 1 aromatic rings.